The Hall–Kier alpha value is -3.23. The van der Waals surface area contributed by atoms with E-state index in [0.717, 1.165) is 0 Å². The highest BCUT2D eigenvalue weighted by Crippen LogP contribution is 2.43. The molecule has 1 aromatic heterocycles. The molecular formula is C20H23N5O4. The van der Waals surface area contributed by atoms with Gasteiger partial charge in [0.15, 0.2) is 5.82 Å². The van der Waals surface area contributed by atoms with Crippen molar-refractivity contribution in [2.45, 2.75) is 45.3 Å². The number of anilines is 1. The molecule has 9 heteroatoms. The van der Waals surface area contributed by atoms with Gasteiger partial charge < -0.3 is 14.3 Å². The van der Waals surface area contributed by atoms with Gasteiger partial charge >= 0.3 is 0 Å². The van der Waals surface area contributed by atoms with Gasteiger partial charge in [-0.15, -0.1) is 0 Å². The first-order chi connectivity index (χ1) is 13.8. The lowest BCUT2D eigenvalue weighted by Gasteiger charge is -2.48. The van der Waals surface area contributed by atoms with Crippen molar-refractivity contribution in [1.29, 1.82) is 0 Å². The number of aromatic nitrogens is 2. The second-order valence-corrected chi connectivity index (χ2v) is 7.56. The summed E-state index contributed by atoms with van der Waals surface area (Å²) in [5.74, 6) is 0.362. The van der Waals surface area contributed by atoms with Crippen LogP contribution in [0.5, 0.6) is 0 Å². The number of rotatable bonds is 5. The molecule has 29 heavy (non-hydrogen) atoms. The number of aryl methyl sites for hydroxylation is 1. The van der Waals surface area contributed by atoms with Gasteiger partial charge in [-0.05, 0) is 25.5 Å². The number of amides is 3. The molecule has 3 heterocycles. The van der Waals surface area contributed by atoms with Crippen LogP contribution >= 0.6 is 0 Å². The minimum absolute atomic E-state index is 0.0452. The summed E-state index contributed by atoms with van der Waals surface area (Å²) in [4.78, 5) is 47.5. The zero-order valence-corrected chi connectivity index (χ0v) is 16.7. The van der Waals surface area contributed by atoms with Crippen LogP contribution in [0.3, 0.4) is 0 Å². The Morgan fingerprint density at radius 2 is 2.07 bits per heavy atom. The Bertz CT molecular complexity index is 987. The maximum Gasteiger partial charge on any atom is 0.258 e. The first-order valence-corrected chi connectivity index (χ1v) is 9.64. The number of fused-ring (bicyclic) bond motifs is 3. The van der Waals surface area contributed by atoms with Crippen LogP contribution in [0.1, 0.15) is 48.8 Å². The third-order valence-corrected chi connectivity index (χ3v) is 5.66. The summed E-state index contributed by atoms with van der Waals surface area (Å²) < 4.78 is 5.15. The molecule has 0 radical (unpaired) electrons. The molecule has 2 aliphatic heterocycles. The van der Waals surface area contributed by atoms with Gasteiger partial charge in [0, 0.05) is 19.9 Å². The monoisotopic (exact) mass is 397 g/mol. The predicted molar refractivity (Wildman–Crippen MR) is 103 cm³/mol. The fourth-order valence-corrected chi connectivity index (χ4v) is 3.99. The zero-order valence-electron chi connectivity index (χ0n) is 16.7. The predicted octanol–water partition coefficient (Wildman–Crippen LogP) is 1.59. The summed E-state index contributed by atoms with van der Waals surface area (Å²) in [6.45, 7) is 3.77. The average molecular weight is 397 g/mol. The third-order valence-electron chi connectivity index (χ3n) is 5.66. The average Bonchev–Trinajstić information content (AvgIpc) is 3.29. The molecule has 152 valence electrons. The normalized spacial score (nSPS) is 20.7. The van der Waals surface area contributed by atoms with Crippen LogP contribution in [0.2, 0.25) is 0 Å². The van der Waals surface area contributed by atoms with Crippen molar-refractivity contribution in [2.24, 2.45) is 0 Å². The number of likely N-dealkylation sites (N-methyl/N-ethyl adjacent to an activating group) is 1. The van der Waals surface area contributed by atoms with Crippen molar-refractivity contribution in [1.82, 2.24) is 19.9 Å². The van der Waals surface area contributed by atoms with E-state index < -0.39 is 5.66 Å². The van der Waals surface area contributed by atoms with Gasteiger partial charge in [-0.2, -0.15) is 4.98 Å². The summed E-state index contributed by atoms with van der Waals surface area (Å²) in [6, 6.07) is 7.03. The van der Waals surface area contributed by atoms with E-state index in [1.54, 1.807) is 30.1 Å². The molecule has 4 rings (SSSR count). The van der Waals surface area contributed by atoms with Gasteiger partial charge in [0.1, 0.15) is 12.2 Å². The molecule has 1 atom stereocenters. The summed E-state index contributed by atoms with van der Waals surface area (Å²) in [7, 11) is 1.63. The third kappa shape index (κ3) is 3.06. The lowest BCUT2D eigenvalue weighted by atomic mass is 9.98. The standard InChI is InChI=1S/C20H23N5O4/c1-4-15-21-16(29-22-15)11-23(3)18(27)12-24-19(28)13-7-5-6-8-14(13)25-17(26)9-10-20(24,25)2/h5-8H,4,9-12H2,1-3H3. The van der Waals surface area contributed by atoms with E-state index in [1.807, 2.05) is 19.9 Å². The van der Waals surface area contributed by atoms with Crippen LogP contribution < -0.4 is 4.90 Å². The van der Waals surface area contributed by atoms with Gasteiger partial charge in [0.05, 0.1) is 17.8 Å². The van der Waals surface area contributed by atoms with Crippen LogP contribution in [0.25, 0.3) is 0 Å². The van der Waals surface area contributed by atoms with Crippen LogP contribution in [0, 0.1) is 0 Å². The molecule has 0 spiro atoms. The smallest absolute Gasteiger partial charge is 0.258 e. The molecule has 0 saturated carbocycles. The van der Waals surface area contributed by atoms with E-state index in [1.165, 1.54) is 9.80 Å². The number of nitrogens with zero attached hydrogens (tertiary/aromatic N) is 5. The Balaban J connectivity index is 1.58. The molecule has 1 aromatic carbocycles. The van der Waals surface area contributed by atoms with E-state index in [9.17, 15) is 14.4 Å². The van der Waals surface area contributed by atoms with Crippen LogP contribution in [0.4, 0.5) is 5.69 Å². The number of hydrogen-bond acceptors (Lipinski definition) is 6. The quantitative estimate of drug-likeness (QED) is 0.760. The summed E-state index contributed by atoms with van der Waals surface area (Å²) in [5.41, 5.74) is 0.177. The lowest BCUT2D eigenvalue weighted by Crippen LogP contribution is -2.63. The number of para-hydroxylation sites is 1. The fourth-order valence-electron chi connectivity index (χ4n) is 3.99. The largest absolute Gasteiger partial charge is 0.337 e. The Morgan fingerprint density at radius 3 is 2.79 bits per heavy atom. The van der Waals surface area contributed by atoms with E-state index in [4.69, 9.17) is 4.52 Å². The van der Waals surface area contributed by atoms with Crippen molar-refractivity contribution in [3.05, 3.63) is 41.5 Å². The minimum Gasteiger partial charge on any atom is -0.337 e. The molecule has 1 fully saturated rings. The van der Waals surface area contributed by atoms with E-state index in [0.29, 0.717) is 42.2 Å². The summed E-state index contributed by atoms with van der Waals surface area (Å²) in [5, 5.41) is 3.83. The highest BCUT2D eigenvalue weighted by atomic mass is 16.5. The maximum atomic E-state index is 13.2. The van der Waals surface area contributed by atoms with E-state index >= 15 is 0 Å². The molecule has 9 nitrogen and oxygen atoms in total. The van der Waals surface area contributed by atoms with Crippen molar-refractivity contribution in [3.63, 3.8) is 0 Å². The number of carbonyl (C=O) groups excluding carboxylic acids is 3. The SMILES string of the molecule is CCc1noc(CN(C)C(=O)CN2C(=O)c3ccccc3N3C(=O)CCC23C)n1. The molecular weight excluding hydrogens is 374 g/mol. The minimum atomic E-state index is -0.862. The van der Waals surface area contributed by atoms with Crippen molar-refractivity contribution >= 4 is 23.4 Å². The van der Waals surface area contributed by atoms with Crippen molar-refractivity contribution in [3.8, 4) is 0 Å². The first kappa shape index (κ1) is 19.1. The van der Waals surface area contributed by atoms with Crippen LogP contribution in [0.15, 0.2) is 28.8 Å². The topological polar surface area (TPSA) is 99.9 Å². The second-order valence-electron chi connectivity index (χ2n) is 7.56. The highest BCUT2D eigenvalue weighted by Gasteiger charge is 2.53. The molecule has 0 bridgehead atoms. The van der Waals surface area contributed by atoms with Crippen LogP contribution in [-0.2, 0) is 22.6 Å². The summed E-state index contributed by atoms with van der Waals surface area (Å²) in [6.07, 6.45) is 1.46. The number of hydrogen-bond donors (Lipinski definition) is 0. The molecule has 1 unspecified atom stereocenters. The van der Waals surface area contributed by atoms with Crippen molar-refractivity contribution < 1.29 is 18.9 Å². The maximum absolute atomic E-state index is 13.2. The van der Waals surface area contributed by atoms with E-state index in [2.05, 4.69) is 10.1 Å². The number of benzene rings is 1. The highest BCUT2D eigenvalue weighted by molar-refractivity contribution is 6.11. The Kier molecular flexibility index (Phi) is 4.60. The van der Waals surface area contributed by atoms with Gasteiger partial charge in [-0.3, -0.25) is 19.3 Å². The lowest BCUT2D eigenvalue weighted by molar-refractivity contribution is -0.133. The van der Waals surface area contributed by atoms with E-state index in [-0.39, 0.29) is 30.8 Å². The first-order valence-electron chi connectivity index (χ1n) is 9.64. The molecule has 0 aliphatic carbocycles. The Labute approximate surface area is 168 Å². The molecule has 3 amide bonds. The fraction of sp³-hybridized carbons (Fsp3) is 0.450. The molecule has 1 saturated heterocycles. The number of carbonyl (C=O) groups is 3. The zero-order chi connectivity index (χ0) is 20.8. The van der Waals surface area contributed by atoms with Crippen molar-refractivity contribution in [2.75, 3.05) is 18.5 Å². The van der Waals surface area contributed by atoms with Gasteiger partial charge in [-0.25, -0.2) is 0 Å². The molecule has 2 aliphatic rings. The molecule has 2 aromatic rings. The van der Waals surface area contributed by atoms with Gasteiger partial charge in [0.2, 0.25) is 17.7 Å². The van der Waals surface area contributed by atoms with Crippen LogP contribution in [-0.4, -0.2) is 56.9 Å². The summed E-state index contributed by atoms with van der Waals surface area (Å²) >= 11 is 0. The second kappa shape index (κ2) is 6.98. The van der Waals surface area contributed by atoms with Gasteiger partial charge in [0.25, 0.3) is 5.91 Å². The Morgan fingerprint density at radius 1 is 1.31 bits per heavy atom. The molecule has 0 N–H and O–H groups in total. The van der Waals surface area contributed by atoms with Gasteiger partial charge in [-0.1, -0.05) is 24.2 Å².